The SMILES string of the molecule is CN(C)c1ccc(CN2CCc3nc(N)[nH]c(=O)c3C2)cc1. The third kappa shape index (κ3) is 2.96. The summed E-state index contributed by atoms with van der Waals surface area (Å²) in [4.78, 5) is 23.2. The van der Waals surface area contributed by atoms with Gasteiger partial charge in [-0.3, -0.25) is 14.7 Å². The number of hydrogen-bond donors (Lipinski definition) is 2. The predicted octanol–water partition coefficient (Wildman–Crippen LogP) is 0.976. The summed E-state index contributed by atoms with van der Waals surface area (Å²) in [5, 5.41) is 0. The van der Waals surface area contributed by atoms with Crippen LogP contribution in [0.2, 0.25) is 0 Å². The minimum absolute atomic E-state index is 0.116. The van der Waals surface area contributed by atoms with Gasteiger partial charge in [0.2, 0.25) is 5.95 Å². The van der Waals surface area contributed by atoms with Crippen molar-refractivity contribution >= 4 is 11.6 Å². The van der Waals surface area contributed by atoms with Crippen LogP contribution in [0.1, 0.15) is 16.8 Å². The van der Waals surface area contributed by atoms with E-state index in [0.717, 1.165) is 30.8 Å². The highest BCUT2D eigenvalue weighted by molar-refractivity contribution is 5.46. The van der Waals surface area contributed by atoms with Gasteiger partial charge in [0.1, 0.15) is 0 Å². The molecule has 116 valence electrons. The number of anilines is 2. The molecule has 0 fully saturated rings. The van der Waals surface area contributed by atoms with Crippen LogP contribution >= 0.6 is 0 Å². The van der Waals surface area contributed by atoms with E-state index in [2.05, 4.69) is 44.0 Å². The largest absolute Gasteiger partial charge is 0.378 e. The van der Waals surface area contributed by atoms with Crippen LogP contribution in [0.5, 0.6) is 0 Å². The molecule has 3 N–H and O–H groups in total. The third-order valence-electron chi connectivity index (χ3n) is 4.02. The molecule has 2 aromatic rings. The molecule has 1 aliphatic heterocycles. The Morgan fingerprint density at radius 1 is 1.32 bits per heavy atom. The second kappa shape index (κ2) is 5.81. The van der Waals surface area contributed by atoms with Gasteiger partial charge in [0.05, 0.1) is 11.3 Å². The molecule has 0 unspecified atom stereocenters. The Kier molecular flexibility index (Phi) is 3.85. The fraction of sp³-hybridized carbons (Fsp3) is 0.375. The van der Waals surface area contributed by atoms with E-state index in [1.807, 2.05) is 14.1 Å². The number of nitrogens with zero attached hydrogens (tertiary/aromatic N) is 3. The molecule has 0 spiro atoms. The number of benzene rings is 1. The smallest absolute Gasteiger partial charge is 0.257 e. The van der Waals surface area contributed by atoms with Gasteiger partial charge in [0.15, 0.2) is 0 Å². The van der Waals surface area contributed by atoms with Crippen molar-refractivity contribution in [3.05, 3.63) is 51.4 Å². The predicted molar refractivity (Wildman–Crippen MR) is 87.9 cm³/mol. The first-order valence-electron chi connectivity index (χ1n) is 7.39. The van der Waals surface area contributed by atoms with Crippen molar-refractivity contribution < 1.29 is 0 Å². The van der Waals surface area contributed by atoms with Gasteiger partial charge in [0.25, 0.3) is 5.56 Å². The number of hydrogen-bond acceptors (Lipinski definition) is 5. The van der Waals surface area contributed by atoms with Crippen LogP contribution in [0.25, 0.3) is 0 Å². The average molecular weight is 299 g/mol. The molecule has 0 saturated heterocycles. The summed E-state index contributed by atoms with van der Waals surface area (Å²) in [7, 11) is 4.06. The minimum Gasteiger partial charge on any atom is -0.378 e. The van der Waals surface area contributed by atoms with Crippen LogP contribution < -0.4 is 16.2 Å². The molecule has 0 amide bonds. The van der Waals surface area contributed by atoms with E-state index in [1.165, 1.54) is 11.3 Å². The molecule has 2 heterocycles. The molecule has 1 aliphatic rings. The van der Waals surface area contributed by atoms with Crippen LogP contribution in [-0.2, 0) is 19.5 Å². The summed E-state index contributed by atoms with van der Waals surface area (Å²) in [5.74, 6) is 0.205. The van der Waals surface area contributed by atoms with Crippen molar-refractivity contribution in [1.29, 1.82) is 0 Å². The maximum absolute atomic E-state index is 12.0. The van der Waals surface area contributed by atoms with E-state index in [4.69, 9.17) is 5.73 Å². The Labute approximate surface area is 129 Å². The zero-order valence-electron chi connectivity index (χ0n) is 13.0. The Bertz CT molecular complexity index is 720. The van der Waals surface area contributed by atoms with E-state index in [-0.39, 0.29) is 11.5 Å². The lowest BCUT2D eigenvalue weighted by Crippen LogP contribution is -2.35. The van der Waals surface area contributed by atoms with E-state index in [0.29, 0.717) is 6.54 Å². The molecule has 0 saturated carbocycles. The molecule has 0 atom stereocenters. The molecular weight excluding hydrogens is 278 g/mol. The normalized spacial score (nSPS) is 14.6. The van der Waals surface area contributed by atoms with Gasteiger partial charge in [-0.25, -0.2) is 4.98 Å². The van der Waals surface area contributed by atoms with Crippen molar-refractivity contribution in [3.8, 4) is 0 Å². The minimum atomic E-state index is -0.116. The Morgan fingerprint density at radius 2 is 2.05 bits per heavy atom. The van der Waals surface area contributed by atoms with Crippen molar-refractivity contribution in [3.63, 3.8) is 0 Å². The number of nitrogens with one attached hydrogen (secondary N) is 1. The highest BCUT2D eigenvalue weighted by Crippen LogP contribution is 2.18. The average Bonchev–Trinajstić information content (AvgIpc) is 2.48. The van der Waals surface area contributed by atoms with Crippen LogP contribution in [-0.4, -0.2) is 35.5 Å². The Hall–Kier alpha value is -2.34. The van der Waals surface area contributed by atoms with Gasteiger partial charge in [-0.1, -0.05) is 12.1 Å². The summed E-state index contributed by atoms with van der Waals surface area (Å²) in [6.07, 6.45) is 0.763. The maximum Gasteiger partial charge on any atom is 0.257 e. The summed E-state index contributed by atoms with van der Waals surface area (Å²) < 4.78 is 0. The van der Waals surface area contributed by atoms with E-state index >= 15 is 0 Å². The Balaban J connectivity index is 1.74. The zero-order valence-corrected chi connectivity index (χ0v) is 13.0. The monoisotopic (exact) mass is 299 g/mol. The first kappa shape index (κ1) is 14.6. The molecule has 0 aliphatic carbocycles. The number of nitrogens with two attached hydrogens (primary N) is 1. The zero-order chi connectivity index (χ0) is 15.7. The number of aromatic nitrogens is 2. The molecular formula is C16H21N5O. The highest BCUT2D eigenvalue weighted by atomic mass is 16.1. The second-order valence-corrected chi connectivity index (χ2v) is 5.90. The topological polar surface area (TPSA) is 78.2 Å². The van der Waals surface area contributed by atoms with Crippen LogP contribution in [0.3, 0.4) is 0 Å². The summed E-state index contributed by atoms with van der Waals surface area (Å²) >= 11 is 0. The number of fused-ring (bicyclic) bond motifs is 1. The van der Waals surface area contributed by atoms with E-state index in [1.54, 1.807) is 0 Å². The maximum atomic E-state index is 12.0. The lowest BCUT2D eigenvalue weighted by atomic mass is 10.1. The highest BCUT2D eigenvalue weighted by Gasteiger charge is 2.20. The molecule has 1 aromatic carbocycles. The lowest BCUT2D eigenvalue weighted by molar-refractivity contribution is 0.242. The molecule has 6 nitrogen and oxygen atoms in total. The van der Waals surface area contributed by atoms with Gasteiger partial charge in [-0.15, -0.1) is 0 Å². The van der Waals surface area contributed by atoms with Crippen molar-refractivity contribution in [2.24, 2.45) is 0 Å². The van der Waals surface area contributed by atoms with Crippen molar-refractivity contribution in [2.45, 2.75) is 19.5 Å². The third-order valence-corrected chi connectivity index (χ3v) is 4.02. The Morgan fingerprint density at radius 3 is 2.73 bits per heavy atom. The van der Waals surface area contributed by atoms with Crippen molar-refractivity contribution in [1.82, 2.24) is 14.9 Å². The molecule has 3 rings (SSSR count). The van der Waals surface area contributed by atoms with Gasteiger partial charge in [-0.05, 0) is 17.7 Å². The first-order chi connectivity index (χ1) is 10.5. The number of nitrogen functional groups attached to an aromatic ring is 1. The van der Waals surface area contributed by atoms with E-state index in [9.17, 15) is 4.79 Å². The van der Waals surface area contributed by atoms with Gasteiger partial charge in [0, 0.05) is 45.8 Å². The van der Waals surface area contributed by atoms with Crippen LogP contribution in [0.15, 0.2) is 29.1 Å². The summed E-state index contributed by atoms with van der Waals surface area (Å²) in [5.41, 5.74) is 9.48. The van der Waals surface area contributed by atoms with Gasteiger partial charge in [-0.2, -0.15) is 0 Å². The van der Waals surface area contributed by atoms with Crippen molar-refractivity contribution in [2.75, 3.05) is 31.3 Å². The number of aromatic amines is 1. The summed E-state index contributed by atoms with van der Waals surface area (Å²) in [6, 6.07) is 8.50. The standard InChI is InChI=1S/C16H21N5O/c1-20(2)12-5-3-11(4-6-12)9-21-8-7-14-13(10-21)15(22)19-16(17)18-14/h3-6H,7-10H2,1-2H3,(H3,17,18,19,22). The fourth-order valence-electron chi connectivity index (χ4n) is 2.79. The van der Waals surface area contributed by atoms with Crippen LogP contribution in [0, 0.1) is 0 Å². The number of rotatable bonds is 3. The molecule has 22 heavy (non-hydrogen) atoms. The van der Waals surface area contributed by atoms with Crippen LogP contribution in [0.4, 0.5) is 11.6 Å². The summed E-state index contributed by atoms with van der Waals surface area (Å²) in [6.45, 7) is 2.34. The molecule has 0 radical (unpaired) electrons. The lowest BCUT2D eigenvalue weighted by Gasteiger charge is -2.27. The van der Waals surface area contributed by atoms with E-state index < -0.39 is 0 Å². The van der Waals surface area contributed by atoms with Gasteiger partial charge < -0.3 is 10.6 Å². The first-order valence-corrected chi connectivity index (χ1v) is 7.39. The quantitative estimate of drug-likeness (QED) is 0.883. The molecule has 0 bridgehead atoms. The second-order valence-electron chi connectivity index (χ2n) is 5.90. The fourth-order valence-corrected chi connectivity index (χ4v) is 2.79. The molecule has 1 aromatic heterocycles. The van der Waals surface area contributed by atoms with Gasteiger partial charge >= 0.3 is 0 Å². The number of H-pyrrole nitrogens is 1. The molecule has 6 heteroatoms.